The third-order valence-electron chi connectivity index (χ3n) is 5.19. The Morgan fingerprint density at radius 3 is 2.48 bits per heavy atom. The summed E-state index contributed by atoms with van der Waals surface area (Å²) in [6, 6.07) is 15.0. The van der Waals surface area contributed by atoms with Crippen molar-refractivity contribution >= 4 is 0 Å². The highest BCUT2D eigenvalue weighted by molar-refractivity contribution is 5.44. The predicted octanol–water partition coefficient (Wildman–Crippen LogP) is 3.18. The number of hydrogen-bond donors (Lipinski definition) is 1. The normalized spacial score (nSPS) is 16.1. The van der Waals surface area contributed by atoms with E-state index in [1.54, 1.807) is 14.2 Å². The van der Waals surface area contributed by atoms with E-state index in [9.17, 15) is 0 Å². The lowest BCUT2D eigenvalue weighted by Gasteiger charge is -2.35. The van der Waals surface area contributed by atoms with Gasteiger partial charge in [0, 0.05) is 32.2 Å². The number of hydrogen-bond acceptors (Lipinski definition) is 5. The monoisotopic (exact) mass is 370 g/mol. The fourth-order valence-corrected chi connectivity index (χ4v) is 3.56. The number of rotatable bonds is 8. The number of nitrogens with one attached hydrogen (secondary N) is 1. The summed E-state index contributed by atoms with van der Waals surface area (Å²) in [7, 11) is 3.35. The van der Waals surface area contributed by atoms with Crippen LogP contribution in [0.5, 0.6) is 11.5 Å². The molecule has 5 heteroatoms. The van der Waals surface area contributed by atoms with Gasteiger partial charge in [0.1, 0.15) is 0 Å². The summed E-state index contributed by atoms with van der Waals surface area (Å²) in [6.07, 6.45) is 0. The molecule has 1 fully saturated rings. The topological polar surface area (TPSA) is 43.0 Å². The molecule has 0 bridgehead atoms. The maximum absolute atomic E-state index is 5.55. The van der Waals surface area contributed by atoms with Crippen molar-refractivity contribution in [2.24, 2.45) is 0 Å². The van der Waals surface area contributed by atoms with Crippen LogP contribution in [0.25, 0.3) is 0 Å². The van der Waals surface area contributed by atoms with Crippen LogP contribution in [0.15, 0.2) is 42.5 Å². The van der Waals surface area contributed by atoms with E-state index >= 15 is 0 Å². The van der Waals surface area contributed by atoms with Crippen LogP contribution in [0.3, 0.4) is 0 Å². The van der Waals surface area contributed by atoms with Crippen LogP contribution in [0, 0.1) is 6.92 Å². The Balaban J connectivity index is 1.75. The van der Waals surface area contributed by atoms with Gasteiger partial charge in [0.05, 0.1) is 27.4 Å². The first kappa shape index (κ1) is 19.7. The van der Waals surface area contributed by atoms with E-state index in [1.807, 2.05) is 6.07 Å². The Labute approximate surface area is 162 Å². The fraction of sp³-hybridized carbons (Fsp3) is 0.455. The van der Waals surface area contributed by atoms with Crippen molar-refractivity contribution in [3.8, 4) is 11.5 Å². The molecule has 3 rings (SSSR count). The zero-order valence-corrected chi connectivity index (χ0v) is 16.5. The summed E-state index contributed by atoms with van der Waals surface area (Å²) in [4.78, 5) is 2.48. The average Bonchev–Trinajstić information content (AvgIpc) is 2.72. The number of ether oxygens (including phenoxy) is 3. The molecule has 146 valence electrons. The molecule has 1 aliphatic heterocycles. The lowest BCUT2D eigenvalue weighted by atomic mass is 10.0. The maximum Gasteiger partial charge on any atom is 0.161 e. The molecule has 0 saturated carbocycles. The minimum atomic E-state index is 0.262. The molecule has 1 aliphatic rings. The lowest BCUT2D eigenvalue weighted by Crippen LogP contribution is -2.42. The molecule has 1 unspecified atom stereocenters. The highest BCUT2D eigenvalue weighted by atomic mass is 16.5. The molecule has 1 saturated heterocycles. The lowest BCUT2D eigenvalue weighted by molar-refractivity contribution is 0.0160. The number of methoxy groups -OCH3 is 2. The highest BCUT2D eigenvalue weighted by Gasteiger charge is 2.23. The van der Waals surface area contributed by atoms with Gasteiger partial charge in [-0.15, -0.1) is 0 Å². The zero-order chi connectivity index (χ0) is 19.1. The number of benzene rings is 2. The summed E-state index contributed by atoms with van der Waals surface area (Å²) >= 11 is 0. The molecule has 0 aliphatic carbocycles. The minimum absolute atomic E-state index is 0.262. The van der Waals surface area contributed by atoms with E-state index < -0.39 is 0 Å². The number of nitrogens with zero attached hydrogens (tertiary/aromatic N) is 1. The van der Waals surface area contributed by atoms with Crippen molar-refractivity contribution in [3.63, 3.8) is 0 Å². The number of aryl methyl sites for hydroxylation is 1. The second-order valence-electron chi connectivity index (χ2n) is 6.84. The van der Waals surface area contributed by atoms with Gasteiger partial charge in [-0.05, 0) is 35.7 Å². The van der Waals surface area contributed by atoms with Gasteiger partial charge in [0.15, 0.2) is 11.5 Å². The van der Waals surface area contributed by atoms with Crippen LogP contribution in [-0.2, 0) is 11.3 Å². The second kappa shape index (κ2) is 9.74. The van der Waals surface area contributed by atoms with Gasteiger partial charge in [-0.25, -0.2) is 0 Å². The molecule has 0 amide bonds. The van der Waals surface area contributed by atoms with Gasteiger partial charge in [0.25, 0.3) is 0 Å². The summed E-state index contributed by atoms with van der Waals surface area (Å²) in [6.45, 7) is 7.31. The van der Waals surface area contributed by atoms with Gasteiger partial charge in [-0.1, -0.05) is 30.3 Å². The van der Waals surface area contributed by atoms with Gasteiger partial charge in [0.2, 0.25) is 0 Å². The van der Waals surface area contributed by atoms with E-state index in [2.05, 4.69) is 53.5 Å². The van der Waals surface area contributed by atoms with E-state index in [4.69, 9.17) is 14.2 Å². The predicted molar refractivity (Wildman–Crippen MR) is 108 cm³/mol. The molecule has 0 radical (unpaired) electrons. The smallest absolute Gasteiger partial charge is 0.161 e. The van der Waals surface area contributed by atoms with Crippen molar-refractivity contribution in [1.82, 2.24) is 10.2 Å². The van der Waals surface area contributed by atoms with Crippen LogP contribution in [-0.4, -0.2) is 52.0 Å². The van der Waals surface area contributed by atoms with E-state index in [1.165, 1.54) is 16.7 Å². The van der Waals surface area contributed by atoms with Crippen LogP contribution < -0.4 is 14.8 Å². The first-order valence-electron chi connectivity index (χ1n) is 9.52. The Hall–Kier alpha value is -2.08. The van der Waals surface area contributed by atoms with E-state index in [0.717, 1.165) is 50.9 Å². The fourth-order valence-electron chi connectivity index (χ4n) is 3.56. The SMILES string of the molecule is COc1ccc(C(CNCc2ccccc2C)N2CCOCC2)cc1OC. The van der Waals surface area contributed by atoms with Crippen molar-refractivity contribution in [2.45, 2.75) is 19.5 Å². The van der Waals surface area contributed by atoms with Crippen molar-refractivity contribution in [3.05, 3.63) is 59.2 Å². The van der Waals surface area contributed by atoms with Crippen molar-refractivity contribution in [2.75, 3.05) is 47.1 Å². The van der Waals surface area contributed by atoms with Crippen molar-refractivity contribution < 1.29 is 14.2 Å². The second-order valence-corrected chi connectivity index (χ2v) is 6.84. The zero-order valence-electron chi connectivity index (χ0n) is 16.5. The summed E-state index contributed by atoms with van der Waals surface area (Å²) < 4.78 is 16.5. The third-order valence-corrected chi connectivity index (χ3v) is 5.19. The van der Waals surface area contributed by atoms with Crippen molar-refractivity contribution in [1.29, 1.82) is 0 Å². The first-order valence-corrected chi connectivity index (χ1v) is 9.52. The molecule has 27 heavy (non-hydrogen) atoms. The average molecular weight is 370 g/mol. The summed E-state index contributed by atoms with van der Waals surface area (Å²) in [5, 5.41) is 3.65. The van der Waals surface area contributed by atoms with E-state index in [0.29, 0.717) is 0 Å². The maximum atomic E-state index is 5.55. The highest BCUT2D eigenvalue weighted by Crippen LogP contribution is 2.32. The molecule has 2 aromatic carbocycles. The molecular weight excluding hydrogens is 340 g/mol. The molecule has 5 nitrogen and oxygen atoms in total. The van der Waals surface area contributed by atoms with Crippen LogP contribution in [0.4, 0.5) is 0 Å². The van der Waals surface area contributed by atoms with Crippen LogP contribution in [0.2, 0.25) is 0 Å². The Kier molecular flexibility index (Phi) is 7.10. The summed E-state index contributed by atoms with van der Waals surface area (Å²) in [5.74, 6) is 1.53. The molecule has 1 N–H and O–H groups in total. The Morgan fingerprint density at radius 1 is 1.04 bits per heavy atom. The quantitative estimate of drug-likeness (QED) is 0.773. The number of morpholine rings is 1. The van der Waals surface area contributed by atoms with Crippen LogP contribution in [0.1, 0.15) is 22.7 Å². The van der Waals surface area contributed by atoms with Crippen LogP contribution >= 0.6 is 0 Å². The third kappa shape index (κ3) is 5.01. The van der Waals surface area contributed by atoms with Gasteiger partial charge < -0.3 is 19.5 Å². The van der Waals surface area contributed by atoms with Gasteiger partial charge in [-0.2, -0.15) is 0 Å². The largest absolute Gasteiger partial charge is 0.493 e. The minimum Gasteiger partial charge on any atom is -0.493 e. The molecule has 2 aromatic rings. The van der Waals surface area contributed by atoms with Gasteiger partial charge in [-0.3, -0.25) is 4.90 Å². The van der Waals surface area contributed by atoms with Gasteiger partial charge >= 0.3 is 0 Å². The molecule has 1 heterocycles. The first-order chi connectivity index (χ1) is 13.2. The molecular formula is C22H30N2O3. The standard InChI is InChI=1S/C22H30N2O3/c1-17-6-4-5-7-19(17)15-23-16-20(24-10-12-27-13-11-24)18-8-9-21(25-2)22(14-18)26-3/h4-9,14,20,23H,10-13,15-16H2,1-3H3. The Bertz CT molecular complexity index is 729. The molecule has 0 aromatic heterocycles. The molecule has 1 atom stereocenters. The summed E-state index contributed by atoms with van der Waals surface area (Å²) in [5.41, 5.74) is 3.89. The van der Waals surface area contributed by atoms with E-state index in [-0.39, 0.29) is 6.04 Å². The Morgan fingerprint density at radius 2 is 1.78 bits per heavy atom. The molecule has 0 spiro atoms.